The number of ether oxygens (including phenoxy) is 2. The van der Waals surface area contributed by atoms with Crippen molar-refractivity contribution in [1.29, 1.82) is 0 Å². The second-order valence-corrected chi connectivity index (χ2v) is 6.66. The number of hydrogen-bond donors (Lipinski definition) is 0. The minimum Gasteiger partial charge on any atom is -0.494 e. The van der Waals surface area contributed by atoms with E-state index in [2.05, 4.69) is 5.10 Å². The van der Waals surface area contributed by atoms with Crippen molar-refractivity contribution in [3.05, 3.63) is 71.5 Å². The monoisotopic (exact) mass is 379 g/mol. The molecule has 6 nitrogen and oxygen atoms in total. The van der Waals surface area contributed by atoms with Gasteiger partial charge in [-0.3, -0.25) is 4.79 Å². The van der Waals surface area contributed by atoms with Crippen LogP contribution in [0, 0.1) is 13.8 Å². The Kier molecular flexibility index (Phi) is 5.99. The summed E-state index contributed by atoms with van der Waals surface area (Å²) in [5.41, 5.74) is 3.33. The van der Waals surface area contributed by atoms with Gasteiger partial charge in [-0.15, -0.1) is 0 Å². The van der Waals surface area contributed by atoms with E-state index in [1.807, 2.05) is 56.3 Å². The molecule has 0 fully saturated rings. The average molecular weight is 379 g/mol. The summed E-state index contributed by atoms with van der Waals surface area (Å²) in [6.45, 7) is 4.88. The molecule has 6 heteroatoms. The second kappa shape index (κ2) is 8.61. The molecule has 2 aromatic carbocycles. The van der Waals surface area contributed by atoms with Crippen molar-refractivity contribution in [3.63, 3.8) is 0 Å². The minimum atomic E-state index is -0.154. The topological polar surface area (TPSA) is 56.6 Å². The summed E-state index contributed by atoms with van der Waals surface area (Å²) in [5, 5.41) is 4.44. The lowest BCUT2D eigenvalue weighted by Gasteiger charge is -2.17. The van der Waals surface area contributed by atoms with Crippen LogP contribution in [0.5, 0.6) is 11.5 Å². The van der Waals surface area contributed by atoms with Crippen LogP contribution >= 0.6 is 0 Å². The first-order valence-electron chi connectivity index (χ1n) is 9.14. The lowest BCUT2D eigenvalue weighted by Crippen LogP contribution is -2.31. The molecular formula is C22H25N3O3. The molecule has 1 aromatic heterocycles. The summed E-state index contributed by atoms with van der Waals surface area (Å²) in [6.07, 6.45) is 1.77. The number of para-hydroxylation sites is 1. The number of rotatable bonds is 7. The number of methoxy groups -OCH3 is 1. The lowest BCUT2D eigenvalue weighted by atomic mass is 10.2. The molecule has 0 aliphatic heterocycles. The summed E-state index contributed by atoms with van der Waals surface area (Å²) in [6, 6.07) is 15.4. The Morgan fingerprint density at radius 1 is 1.11 bits per heavy atom. The Morgan fingerprint density at radius 3 is 2.64 bits per heavy atom. The molecular weight excluding hydrogens is 354 g/mol. The highest BCUT2D eigenvalue weighted by molar-refractivity contribution is 5.92. The Hall–Kier alpha value is -3.28. The van der Waals surface area contributed by atoms with Crippen LogP contribution < -0.4 is 9.47 Å². The predicted molar refractivity (Wildman–Crippen MR) is 108 cm³/mol. The van der Waals surface area contributed by atoms with Gasteiger partial charge >= 0.3 is 0 Å². The van der Waals surface area contributed by atoms with Crippen LogP contribution in [0.15, 0.2) is 54.7 Å². The number of aromatic nitrogens is 2. The van der Waals surface area contributed by atoms with Crippen LogP contribution in [0.2, 0.25) is 0 Å². The maximum Gasteiger partial charge on any atom is 0.274 e. The van der Waals surface area contributed by atoms with E-state index in [0.29, 0.717) is 24.6 Å². The molecule has 0 unspecified atom stereocenters. The number of carbonyl (C=O) groups is 1. The molecule has 0 saturated carbocycles. The van der Waals surface area contributed by atoms with Crippen LogP contribution in [0.3, 0.4) is 0 Å². The molecule has 0 radical (unpaired) electrons. The first-order chi connectivity index (χ1) is 13.5. The van der Waals surface area contributed by atoms with Gasteiger partial charge in [0.15, 0.2) is 5.69 Å². The number of amides is 1. The van der Waals surface area contributed by atoms with Crippen LogP contribution in [-0.4, -0.2) is 47.9 Å². The van der Waals surface area contributed by atoms with Crippen molar-refractivity contribution in [2.24, 2.45) is 0 Å². The number of carbonyl (C=O) groups excluding carboxylic acids is 1. The number of nitrogens with zero attached hydrogens (tertiary/aromatic N) is 3. The largest absolute Gasteiger partial charge is 0.494 e. The Labute approximate surface area is 165 Å². The summed E-state index contributed by atoms with van der Waals surface area (Å²) in [7, 11) is 3.36. The minimum absolute atomic E-state index is 0.154. The maximum absolute atomic E-state index is 12.7. The molecule has 3 rings (SSSR count). The SMILES string of the molecule is COc1ccc(C)cc1-n1ccc(C(=O)N(C)CCOc2ccccc2C)n1. The summed E-state index contributed by atoms with van der Waals surface area (Å²) < 4.78 is 12.8. The van der Waals surface area contributed by atoms with E-state index in [1.165, 1.54) is 0 Å². The van der Waals surface area contributed by atoms with Crippen molar-refractivity contribution in [2.45, 2.75) is 13.8 Å². The van der Waals surface area contributed by atoms with Crippen LogP contribution in [0.25, 0.3) is 5.69 Å². The summed E-state index contributed by atoms with van der Waals surface area (Å²) in [5.74, 6) is 1.38. The molecule has 0 aliphatic carbocycles. The Morgan fingerprint density at radius 2 is 1.89 bits per heavy atom. The summed E-state index contributed by atoms with van der Waals surface area (Å²) >= 11 is 0. The van der Waals surface area contributed by atoms with Crippen LogP contribution in [0.1, 0.15) is 21.6 Å². The van der Waals surface area contributed by atoms with Crippen molar-refractivity contribution in [2.75, 3.05) is 27.3 Å². The van der Waals surface area contributed by atoms with Crippen LogP contribution in [0.4, 0.5) is 0 Å². The van der Waals surface area contributed by atoms with E-state index < -0.39 is 0 Å². The van der Waals surface area contributed by atoms with Gasteiger partial charge in [-0.25, -0.2) is 4.68 Å². The van der Waals surface area contributed by atoms with Crippen molar-refractivity contribution >= 4 is 5.91 Å². The zero-order valence-corrected chi connectivity index (χ0v) is 16.7. The van der Waals surface area contributed by atoms with Crippen molar-refractivity contribution in [1.82, 2.24) is 14.7 Å². The fourth-order valence-electron chi connectivity index (χ4n) is 2.86. The van der Waals surface area contributed by atoms with Gasteiger partial charge in [0.1, 0.15) is 23.8 Å². The molecule has 3 aromatic rings. The predicted octanol–water partition coefficient (Wildman–Crippen LogP) is 3.65. The molecule has 146 valence electrons. The highest BCUT2D eigenvalue weighted by atomic mass is 16.5. The van der Waals surface area contributed by atoms with Gasteiger partial charge in [0, 0.05) is 13.2 Å². The van der Waals surface area contributed by atoms with E-state index in [-0.39, 0.29) is 5.91 Å². The third kappa shape index (κ3) is 4.34. The zero-order chi connectivity index (χ0) is 20.1. The van der Waals surface area contributed by atoms with Gasteiger partial charge in [-0.1, -0.05) is 24.3 Å². The highest BCUT2D eigenvalue weighted by Crippen LogP contribution is 2.23. The van der Waals surface area contributed by atoms with E-state index in [9.17, 15) is 4.79 Å². The quantitative estimate of drug-likeness (QED) is 0.629. The fraction of sp³-hybridized carbons (Fsp3) is 0.273. The zero-order valence-electron chi connectivity index (χ0n) is 16.7. The van der Waals surface area contributed by atoms with Gasteiger partial charge in [-0.05, 0) is 49.2 Å². The molecule has 1 heterocycles. The maximum atomic E-state index is 12.7. The lowest BCUT2D eigenvalue weighted by molar-refractivity contribution is 0.0767. The third-order valence-electron chi connectivity index (χ3n) is 4.51. The fourth-order valence-corrected chi connectivity index (χ4v) is 2.86. The standard InChI is InChI=1S/C22H25N3O3/c1-16-9-10-21(27-4)19(15-16)25-12-11-18(23-25)22(26)24(3)13-14-28-20-8-6-5-7-17(20)2/h5-12,15H,13-14H2,1-4H3. The number of hydrogen-bond acceptors (Lipinski definition) is 4. The molecule has 0 N–H and O–H groups in total. The van der Waals surface area contributed by atoms with Gasteiger partial charge in [0.05, 0.1) is 13.7 Å². The first kappa shape index (κ1) is 19.5. The smallest absolute Gasteiger partial charge is 0.274 e. The van der Waals surface area contributed by atoms with E-state index in [0.717, 1.165) is 22.6 Å². The number of aryl methyl sites for hydroxylation is 2. The van der Waals surface area contributed by atoms with Gasteiger partial charge in [-0.2, -0.15) is 5.10 Å². The first-order valence-corrected chi connectivity index (χ1v) is 9.14. The highest BCUT2D eigenvalue weighted by Gasteiger charge is 2.16. The van der Waals surface area contributed by atoms with Gasteiger partial charge in [0.25, 0.3) is 5.91 Å². The van der Waals surface area contributed by atoms with Gasteiger partial charge < -0.3 is 14.4 Å². The molecule has 0 atom stereocenters. The summed E-state index contributed by atoms with van der Waals surface area (Å²) in [4.78, 5) is 14.3. The van der Waals surface area contributed by atoms with Crippen molar-refractivity contribution < 1.29 is 14.3 Å². The molecule has 0 saturated heterocycles. The molecule has 0 aliphatic rings. The Bertz CT molecular complexity index is 965. The Balaban J connectivity index is 1.65. The number of likely N-dealkylation sites (N-methyl/N-ethyl adjacent to an activating group) is 1. The second-order valence-electron chi connectivity index (χ2n) is 6.66. The molecule has 0 spiro atoms. The van der Waals surface area contributed by atoms with Crippen molar-refractivity contribution in [3.8, 4) is 17.2 Å². The third-order valence-corrected chi connectivity index (χ3v) is 4.51. The molecule has 0 bridgehead atoms. The average Bonchev–Trinajstić information content (AvgIpc) is 3.18. The van der Waals surface area contributed by atoms with E-state index in [1.54, 1.807) is 36.0 Å². The normalized spacial score (nSPS) is 10.6. The van der Waals surface area contributed by atoms with E-state index in [4.69, 9.17) is 9.47 Å². The number of benzene rings is 2. The molecule has 1 amide bonds. The van der Waals surface area contributed by atoms with E-state index >= 15 is 0 Å². The van der Waals surface area contributed by atoms with Crippen LogP contribution in [-0.2, 0) is 0 Å². The molecule has 28 heavy (non-hydrogen) atoms. The van der Waals surface area contributed by atoms with Gasteiger partial charge in [0.2, 0.25) is 0 Å².